The van der Waals surface area contributed by atoms with Crippen LogP contribution in [0.25, 0.3) is 0 Å². The largest absolute Gasteiger partial charge is 1.00 e. The SMILES string of the molecule is C=C(CN1CCC(C)OC(C)C1)[B-](F)(F)F.[K+]. The molecule has 0 amide bonds. The van der Waals surface area contributed by atoms with Gasteiger partial charge >= 0.3 is 58.4 Å². The van der Waals surface area contributed by atoms with Crippen molar-refractivity contribution >= 4 is 6.98 Å². The molecule has 1 aliphatic rings. The summed E-state index contributed by atoms with van der Waals surface area (Å²) in [5.74, 6) is 0. The maximum atomic E-state index is 12.4. The van der Waals surface area contributed by atoms with Crippen molar-refractivity contribution in [1.29, 1.82) is 0 Å². The summed E-state index contributed by atoms with van der Waals surface area (Å²) >= 11 is 0. The third kappa shape index (κ3) is 6.75. The van der Waals surface area contributed by atoms with Gasteiger partial charge in [0.25, 0.3) is 0 Å². The molecule has 0 N–H and O–H groups in total. The van der Waals surface area contributed by atoms with E-state index < -0.39 is 12.4 Å². The van der Waals surface area contributed by atoms with Gasteiger partial charge in [0.15, 0.2) is 0 Å². The summed E-state index contributed by atoms with van der Waals surface area (Å²) in [6.45, 7) is 3.11. The molecule has 2 atom stereocenters. The van der Waals surface area contributed by atoms with Gasteiger partial charge in [0.05, 0.1) is 12.2 Å². The number of ether oxygens (including phenoxy) is 1. The van der Waals surface area contributed by atoms with Crippen molar-refractivity contribution in [3.05, 3.63) is 12.1 Å². The Labute approximate surface area is 143 Å². The van der Waals surface area contributed by atoms with Crippen molar-refractivity contribution in [1.82, 2.24) is 4.90 Å². The zero-order valence-electron chi connectivity index (χ0n) is 10.8. The van der Waals surface area contributed by atoms with Crippen LogP contribution in [0.2, 0.25) is 0 Å². The minimum absolute atomic E-state index is 0. The van der Waals surface area contributed by atoms with Gasteiger partial charge in [-0.3, -0.25) is 4.90 Å². The Morgan fingerprint density at radius 3 is 2.47 bits per heavy atom. The Morgan fingerprint density at radius 2 is 1.94 bits per heavy atom. The van der Waals surface area contributed by atoms with Gasteiger partial charge in [-0.15, -0.1) is 12.1 Å². The molecule has 0 aromatic rings. The molecule has 1 aliphatic heterocycles. The Balaban J connectivity index is 0.00000256. The van der Waals surface area contributed by atoms with Crippen LogP contribution in [0.4, 0.5) is 12.9 Å². The van der Waals surface area contributed by atoms with Gasteiger partial charge in [-0.05, 0) is 26.8 Å². The van der Waals surface area contributed by atoms with E-state index in [1.165, 1.54) is 0 Å². The van der Waals surface area contributed by atoms with Crippen molar-refractivity contribution in [3.8, 4) is 0 Å². The first-order valence-electron chi connectivity index (χ1n) is 5.54. The number of hydrogen-bond acceptors (Lipinski definition) is 2. The molecule has 1 heterocycles. The maximum absolute atomic E-state index is 12.4. The molecule has 0 bridgehead atoms. The van der Waals surface area contributed by atoms with E-state index in [0.717, 1.165) is 6.42 Å². The van der Waals surface area contributed by atoms with Gasteiger partial charge in [0, 0.05) is 13.1 Å². The number of rotatable bonds is 3. The van der Waals surface area contributed by atoms with Gasteiger partial charge in [-0.25, -0.2) is 0 Å². The van der Waals surface area contributed by atoms with Crippen LogP contribution in [0.15, 0.2) is 12.1 Å². The van der Waals surface area contributed by atoms with Crippen LogP contribution >= 0.6 is 0 Å². The first-order chi connectivity index (χ1) is 7.29. The molecule has 17 heavy (non-hydrogen) atoms. The summed E-state index contributed by atoms with van der Waals surface area (Å²) in [4.78, 5) is 1.77. The zero-order chi connectivity index (χ0) is 12.3. The summed E-state index contributed by atoms with van der Waals surface area (Å²) in [6, 6.07) is 0. The molecule has 0 spiro atoms. The summed E-state index contributed by atoms with van der Waals surface area (Å²) in [5.41, 5.74) is -0.623. The number of halogens is 3. The van der Waals surface area contributed by atoms with Crippen molar-refractivity contribution in [2.75, 3.05) is 19.6 Å². The Morgan fingerprint density at radius 1 is 1.35 bits per heavy atom. The van der Waals surface area contributed by atoms with E-state index in [1.807, 2.05) is 13.8 Å². The van der Waals surface area contributed by atoms with Crippen LogP contribution in [0.1, 0.15) is 20.3 Å². The standard InChI is InChI=1S/C10H18BF3NO.K/c1-8(11(12,13)14)6-15-5-4-9(2)16-10(3)7-15;/h9-10H,1,4-7H2,2-3H3;/q-1;+1. The van der Waals surface area contributed by atoms with Gasteiger partial charge in [0.2, 0.25) is 0 Å². The van der Waals surface area contributed by atoms with E-state index in [9.17, 15) is 12.9 Å². The molecule has 0 aromatic carbocycles. The Kier molecular flexibility index (Phi) is 8.19. The van der Waals surface area contributed by atoms with Crippen LogP contribution < -0.4 is 51.4 Å². The van der Waals surface area contributed by atoms with Crippen LogP contribution in [-0.4, -0.2) is 43.7 Å². The van der Waals surface area contributed by atoms with Crippen LogP contribution in [0, 0.1) is 0 Å². The van der Waals surface area contributed by atoms with Crippen LogP contribution in [0.3, 0.4) is 0 Å². The third-order valence-electron chi connectivity index (χ3n) is 2.72. The Bertz CT molecular complexity index is 262. The van der Waals surface area contributed by atoms with E-state index in [1.54, 1.807) is 4.90 Å². The monoisotopic (exact) mass is 275 g/mol. The molecule has 0 aromatic heterocycles. The summed E-state index contributed by atoms with van der Waals surface area (Å²) in [7, 11) is 0. The van der Waals surface area contributed by atoms with Gasteiger partial charge in [-0.2, -0.15) is 0 Å². The molecule has 0 saturated carbocycles. The minimum Gasteiger partial charge on any atom is -0.445 e. The second-order valence-corrected chi connectivity index (χ2v) is 4.51. The molecule has 0 radical (unpaired) electrons. The van der Waals surface area contributed by atoms with E-state index in [-0.39, 0.29) is 70.1 Å². The maximum Gasteiger partial charge on any atom is 1.00 e. The third-order valence-corrected chi connectivity index (χ3v) is 2.72. The quantitative estimate of drug-likeness (QED) is 0.640. The molecule has 7 heteroatoms. The van der Waals surface area contributed by atoms with E-state index >= 15 is 0 Å². The predicted molar refractivity (Wildman–Crippen MR) is 59.3 cm³/mol. The molecule has 1 saturated heterocycles. The first-order valence-corrected chi connectivity index (χ1v) is 5.54. The molecular weight excluding hydrogens is 257 g/mol. The average Bonchev–Trinajstić information content (AvgIpc) is 2.25. The fraction of sp³-hybridized carbons (Fsp3) is 0.800. The van der Waals surface area contributed by atoms with Crippen LogP contribution in [0.5, 0.6) is 0 Å². The van der Waals surface area contributed by atoms with Crippen molar-refractivity contribution in [3.63, 3.8) is 0 Å². The van der Waals surface area contributed by atoms with E-state index in [0.29, 0.717) is 13.1 Å². The van der Waals surface area contributed by atoms with Crippen molar-refractivity contribution in [2.24, 2.45) is 0 Å². The van der Waals surface area contributed by atoms with Crippen LogP contribution in [-0.2, 0) is 4.74 Å². The average molecular weight is 275 g/mol. The summed E-state index contributed by atoms with van der Waals surface area (Å²) in [5, 5.41) is 0. The minimum atomic E-state index is -4.91. The smallest absolute Gasteiger partial charge is 0.445 e. The van der Waals surface area contributed by atoms with E-state index in [4.69, 9.17) is 4.74 Å². The first kappa shape index (κ1) is 18.2. The van der Waals surface area contributed by atoms with Crippen molar-refractivity contribution in [2.45, 2.75) is 32.5 Å². The molecule has 1 fully saturated rings. The fourth-order valence-corrected chi connectivity index (χ4v) is 1.86. The van der Waals surface area contributed by atoms with Gasteiger partial charge < -0.3 is 17.7 Å². The fourth-order valence-electron chi connectivity index (χ4n) is 1.86. The zero-order valence-corrected chi connectivity index (χ0v) is 13.9. The predicted octanol–water partition coefficient (Wildman–Crippen LogP) is -0.567. The summed E-state index contributed by atoms with van der Waals surface area (Å²) in [6.07, 6.45) is 0.860. The molecule has 94 valence electrons. The van der Waals surface area contributed by atoms with Gasteiger partial charge in [-0.1, -0.05) is 0 Å². The van der Waals surface area contributed by atoms with Crippen molar-refractivity contribution < 1.29 is 69.1 Å². The molecule has 2 nitrogen and oxygen atoms in total. The van der Waals surface area contributed by atoms with E-state index in [2.05, 4.69) is 6.58 Å². The Hall–Kier alpha value is 1.15. The normalized spacial score (nSPS) is 27.1. The summed E-state index contributed by atoms with van der Waals surface area (Å²) < 4.78 is 42.7. The molecular formula is C10H18BF3KNO. The van der Waals surface area contributed by atoms with Gasteiger partial charge in [0.1, 0.15) is 0 Å². The second kappa shape index (κ2) is 7.67. The molecule has 2 unspecified atom stereocenters. The second-order valence-electron chi connectivity index (χ2n) is 4.51. The number of hydrogen-bond donors (Lipinski definition) is 0. The number of nitrogens with zero attached hydrogens (tertiary/aromatic N) is 1. The molecule has 1 rings (SSSR count). The molecule has 0 aliphatic carbocycles. The topological polar surface area (TPSA) is 12.5 Å².